The van der Waals surface area contributed by atoms with Crippen LogP contribution in [-0.2, 0) is 14.6 Å². The van der Waals surface area contributed by atoms with Crippen LogP contribution in [0.3, 0.4) is 0 Å². The predicted molar refractivity (Wildman–Crippen MR) is 132 cm³/mol. The summed E-state index contributed by atoms with van der Waals surface area (Å²) < 4.78 is 55.1. The summed E-state index contributed by atoms with van der Waals surface area (Å²) in [4.78, 5) is 14.1. The van der Waals surface area contributed by atoms with Crippen molar-refractivity contribution in [3.63, 3.8) is 0 Å². The lowest BCUT2D eigenvalue weighted by atomic mass is 9.68. The van der Waals surface area contributed by atoms with E-state index in [9.17, 15) is 18.3 Å². The highest BCUT2D eigenvalue weighted by Crippen LogP contribution is 2.55. The van der Waals surface area contributed by atoms with Crippen LogP contribution in [0.2, 0.25) is 0 Å². The van der Waals surface area contributed by atoms with Crippen molar-refractivity contribution >= 4 is 15.7 Å². The van der Waals surface area contributed by atoms with E-state index in [4.69, 9.17) is 0 Å². The highest BCUT2D eigenvalue weighted by molar-refractivity contribution is 7.92. The zero-order valence-corrected chi connectivity index (χ0v) is 21.5. The van der Waals surface area contributed by atoms with E-state index in [0.29, 0.717) is 24.9 Å². The molecule has 1 unspecified atom stereocenters. The van der Waals surface area contributed by atoms with Crippen molar-refractivity contribution in [2.24, 2.45) is 11.3 Å². The standard InChI is InChI=1S/C28H33F2NO4S/c1-19(2)20-7-6-8-21(13-20)22-11-12-26(14-22)17-31(18-26)25(32)23-15-27(33,16-23)28(29,30)36(34,35)24-9-4-3-5-10-24/h3-10,13,19,22-23,33H,11-12,14-18H2,1-2H3. The maximum atomic E-state index is 15.0. The summed E-state index contributed by atoms with van der Waals surface area (Å²) in [5.74, 6) is -0.127. The lowest BCUT2D eigenvalue weighted by molar-refractivity contribution is -0.202. The van der Waals surface area contributed by atoms with Gasteiger partial charge in [-0.2, -0.15) is 8.78 Å². The molecule has 1 N–H and O–H groups in total. The van der Waals surface area contributed by atoms with Crippen LogP contribution in [0.4, 0.5) is 8.78 Å². The molecule has 5 nitrogen and oxygen atoms in total. The van der Waals surface area contributed by atoms with Gasteiger partial charge < -0.3 is 10.0 Å². The summed E-state index contributed by atoms with van der Waals surface area (Å²) in [6.07, 6.45) is 1.98. The maximum Gasteiger partial charge on any atom is 0.377 e. The largest absolute Gasteiger partial charge is 0.382 e. The molecular formula is C28H33F2NO4S. The monoisotopic (exact) mass is 517 g/mol. The second-order valence-electron chi connectivity index (χ2n) is 11.4. The first kappa shape index (κ1) is 25.3. The molecule has 2 aromatic carbocycles. The third kappa shape index (κ3) is 3.97. The number of rotatable bonds is 6. The Morgan fingerprint density at radius 3 is 2.36 bits per heavy atom. The van der Waals surface area contributed by atoms with Crippen LogP contribution in [0.15, 0.2) is 59.5 Å². The van der Waals surface area contributed by atoms with E-state index in [2.05, 4.69) is 38.1 Å². The molecule has 0 bridgehead atoms. The van der Waals surface area contributed by atoms with Gasteiger partial charge in [0.25, 0.3) is 0 Å². The first-order valence-corrected chi connectivity index (χ1v) is 14.1. The third-order valence-electron chi connectivity index (χ3n) is 8.57. The van der Waals surface area contributed by atoms with Gasteiger partial charge in [0.1, 0.15) is 5.60 Å². The Morgan fingerprint density at radius 2 is 1.72 bits per heavy atom. The van der Waals surface area contributed by atoms with Gasteiger partial charge in [0.05, 0.1) is 4.90 Å². The van der Waals surface area contributed by atoms with Crippen molar-refractivity contribution in [2.75, 3.05) is 13.1 Å². The smallest absolute Gasteiger partial charge is 0.377 e. The molecule has 2 aliphatic carbocycles. The Hall–Kier alpha value is -2.32. The molecule has 194 valence electrons. The molecule has 36 heavy (non-hydrogen) atoms. The summed E-state index contributed by atoms with van der Waals surface area (Å²) in [5.41, 5.74) is -0.0182. The van der Waals surface area contributed by atoms with Crippen molar-refractivity contribution < 1.29 is 27.1 Å². The highest BCUT2D eigenvalue weighted by atomic mass is 32.2. The first-order chi connectivity index (χ1) is 16.9. The number of hydrogen-bond acceptors (Lipinski definition) is 4. The number of alkyl halides is 2. The number of benzene rings is 2. The molecule has 1 aliphatic heterocycles. The molecule has 1 atom stereocenters. The zero-order valence-electron chi connectivity index (χ0n) is 20.7. The normalized spacial score (nSPS) is 27.7. The number of halogens is 2. The minimum atomic E-state index is -5.09. The SMILES string of the molecule is CC(C)c1cccc(C2CCC3(C2)CN(C(=O)C2CC(O)(C(F)(F)S(=O)(=O)c4ccccc4)C2)C3)c1. The number of amides is 1. The van der Waals surface area contributed by atoms with Crippen LogP contribution >= 0.6 is 0 Å². The Balaban J connectivity index is 1.19. The minimum Gasteiger partial charge on any atom is -0.382 e. The summed E-state index contributed by atoms with van der Waals surface area (Å²) in [6.45, 7) is 5.55. The molecular weight excluding hydrogens is 484 g/mol. The Bertz CT molecular complexity index is 1250. The van der Waals surface area contributed by atoms with Gasteiger partial charge in [-0.25, -0.2) is 8.42 Å². The first-order valence-electron chi connectivity index (χ1n) is 12.7. The molecule has 2 saturated carbocycles. The number of carbonyl (C=O) groups excluding carboxylic acids is 1. The van der Waals surface area contributed by atoms with E-state index in [1.54, 1.807) is 4.90 Å². The molecule has 1 saturated heterocycles. The molecule has 1 heterocycles. The second-order valence-corrected chi connectivity index (χ2v) is 13.4. The minimum absolute atomic E-state index is 0.0643. The van der Waals surface area contributed by atoms with E-state index < -0.39 is 44.3 Å². The molecule has 1 spiro atoms. The number of sulfone groups is 1. The van der Waals surface area contributed by atoms with Crippen LogP contribution in [0.25, 0.3) is 0 Å². The number of aliphatic hydroxyl groups is 1. The van der Waals surface area contributed by atoms with Crippen molar-refractivity contribution in [2.45, 2.75) is 73.5 Å². The van der Waals surface area contributed by atoms with Gasteiger partial charge in [-0.3, -0.25) is 4.79 Å². The number of carbonyl (C=O) groups is 1. The number of likely N-dealkylation sites (tertiary alicyclic amines) is 1. The van der Waals surface area contributed by atoms with Gasteiger partial charge in [-0.1, -0.05) is 56.3 Å². The highest BCUT2D eigenvalue weighted by Gasteiger charge is 2.69. The molecule has 3 aliphatic rings. The van der Waals surface area contributed by atoms with Crippen molar-refractivity contribution in [3.05, 3.63) is 65.7 Å². The van der Waals surface area contributed by atoms with Gasteiger partial charge in [-0.15, -0.1) is 0 Å². The molecule has 3 fully saturated rings. The average molecular weight is 518 g/mol. The lowest BCUT2D eigenvalue weighted by Gasteiger charge is -2.53. The van der Waals surface area contributed by atoms with E-state index in [1.165, 1.54) is 29.3 Å². The molecule has 2 aromatic rings. The van der Waals surface area contributed by atoms with Gasteiger partial charge >= 0.3 is 5.25 Å². The lowest BCUT2D eigenvalue weighted by Crippen LogP contribution is -2.66. The van der Waals surface area contributed by atoms with Crippen LogP contribution in [0, 0.1) is 11.3 Å². The maximum absolute atomic E-state index is 15.0. The molecule has 0 radical (unpaired) electrons. The van der Waals surface area contributed by atoms with Crippen molar-refractivity contribution in [3.8, 4) is 0 Å². The molecule has 5 rings (SSSR count). The fourth-order valence-electron chi connectivity index (χ4n) is 6.29. The molecule has 8 heteroatoms. The van der Waals surface area contributed by atoms with E-state index in [-0.39, 0.29) is 11.3 Å². The van der Waals surface area contributed by atoms with E-state index in [1.807, 2.05) is 0 Å². The Morgan fingerprint density at radius 1 is 1.06 bits per heavy atom. The second kappa shape index (κ2) is 8.62. The Kier molecular flexibility index (Phi) is 6.07. The van der Waals surface area contributed by atoms with Gasteiger partial charge in [0.15, 0.2) is 0 Å². The van der Waals surface area contributed by atoms with Gasteiger partial charge in [-0.05, 0) is 67.2 Å². The van der Waals surface area contributed by atoms with Gasteiger partial charge in [0, 0.05) is 24.4 Å². The predicted octanol–water partition coefficient (Wildman–Crippen LogP) is 5.11. The van der Waals surface area contributed by atoms with Crippen molar-refractivity contribution in [1.82, 2.24) is 4.90 Å². The Labute approximate surface area is 211 Å². The quantitative estimate of drug-likeness (QED) is 0.578. The fourth-order valence-corrected chi connectivity index (χ4v) is 7.77. The average Bonchev–Trinajstić information content (AvgIpc) is 3.27. The van der Waals surface area contributed by atoms with Crippen molar-refractivity contribution in [1.29, 1.82) is 0 Å². The molecule has 1 amide bonds. The van der Waals surface area contributed by atoms with Crippen LogP contribution in [0.1, 0.15) is 68.9 Å². The number of hydrogen-bond donors (Lipinski definition) is 1. The summed E-state index contributed by atoms with van der Waals surface area (Å²) in [6, 6.07) is 15.1. The van der Waals surface area contributed by atoms with Crippen LogP contribution in [-0.4, -0.2) is 48.3 Å². The fraction of sp³-hybridized carbons (Fsp3) is 0.536. The summed E-state index contributed by atoms with van der Waals surface area (Å²) >= 11 is 0. The van der Waals surface area contributed by atoms with Crippen LogP contribution < -0.4 is 0 Å². The summed E-state index contributed by atoms with van der Waals surface area (Å²) in [5, 5.41) is 6.18. The topological polar surface area (TPSA) is 74.7 Å². The molecule has 0 aromatic heterocycles. The van der Waals surface area contributed by atoms with Gasteiger partial charge in [0.2, 0.25) is 15.7 Å². The van der Waals surface area contributed by atoms with Crippen LogP contribution in [0.5, 0.6) is 0 Å². The van der Waals surface area contributed by atoms with E-state index >= 15 is 8.78 Å². The number of nitrogens with zero attached hydrogens (tertiary/aromatic N) is 1. The summed E-state index contributed by atoms with van der Waals surface area (Å²) in [7, 11) is -5.09. The zero-order chi connectivity index (χ0) is 25.9. The van der Waals surface area contributed by atoms with E-state index in [0.717, 1.165) is 31.4 Å². The third-order valence-corrected chi connectivity index (χ3v) is 10.5.